The molecule has 3 nitrogen and oxygen atoms in total. The molecule has 0 saturated carbocycles. The quantitative estimate of drug-likeness (QED) is 0.625. The van der Waals surface area contributed by atoms with Gasteiger partial charge in [-0.1, -0.05) is 6.92 Å². The first-order chi connectivity index (χ1) is 6.67. The predicted octanol–water partition coefficient (Wildman–Crippen LogP) is 1.16. The Hall–Kier alpha value is 0.0700. The molecule has 0 aliphatic rings. The lowest BCUT2D eigenvalue weighted by Gasteiger charge is -2.21. The first-order valence-electron chi connectivity index (χ1n) is 5.20. The summed E-state index contributed by atoms with van der Waals surface area (Å²) < 4.78 is 16.7. The maximum atomic E-state index is 11.8. The fraction of sp³-hybridized carbons (Fsp3) is 1.00. The lowest BCUT2D eigenvalue weighted by Crippen LogP contribution is -2.38. The molecule has 0 aliphatic carbocycles. The van der Waals surface area contributed by atoms with Crippen molar-refractivity contribution in [1.82, 2.24) is 5.32 Å². The topological polar surface area (TPSA) is 38.3 Å². The molecular weight excluding hydrogens is 198 g/mol. The molecule has 0 heterocycles. The van der Waals surface area contributed by atoms with Crippen LogP contribution in [0.1, 0.15) is 26.7 Å². The van der Waals surface area contributed by atoms with E-state index in [0.717, 1.165) is 18.6 Å². The summed E-state index contributed by atoms with van der Waals surface area (Å²) in [5.41, 5.74) is 0. The summed E-state index contributed by atoms with van der Waals surface area (Å²) in [6.45, 7) is 4.87. The minimum Gasteiger partial charge on any atom is -0.385 e. The molecule has 14 heavy (non-hydrogen) atoms. The van der Waals surface area contributed by atoms with Crippen molar-refractivity contribution in [2.24, 2.45) is 0 Å². The van der Waals surface area contributed by atoms with Crippen LogP contribution < -0.4 is 5.32 Å². The summed E-state index contributed by atoms with van der Waals surface area (Å²) >= 11 is 0. The van der Waals surface area contributed by atoms with Crippen molar-refractivity contribution < 1.29 is 8.95 Å². The number of nitrogens with one attached hydrogen (secondary N) is 1. The number of methoxy groups -OCH3 is 1. The third kappa shape index (κ3) is 5.08. The van der Waals surface area contributed by atoms with E-state index in [2.05, 4.69) is 12.2 Å². The van der Waals surface area contributed by atoms with Crippen LogP contribution in [0.15, 0.2) is 0 Å². The molecule has 86 valence electrons. The van der Waals surface area contributed by atoms with Crippen LogP contribution >= 0.6 is 0 Å². The average molecular weight is 221 g/mol. The van der Waals surface area contributed by atoms with Gasteiger partial charge in [0.1, 0.15) is 0 Å². The Morgan fingerprint density at radius 3 is 2.57 bits per heavy atom. The van der Waals surface area contributed by atoms with Crippen LogP contribution in [0.5, 0.6) is 0 Å². The summed E-state index contributed by atoms with van der Waals surface area (Å²) in [5.74, 6) is 0.743. The van der Waals surface area contributed by atoms with Crippen molar-refractivity contribution in [3.05, 3.63) is 0 Å². The number of hydrogen-bond acceptors (Lipinski definition) is 3. The summed E-state index contributed by atoms with van der Waals surface area (Å²) in [5, 5.41) is 3.42. The fourth-order valence-electron chi connectivity index (χ4n) is 1.49. The number of ether oxygens (including phenoxy) is 1. The molecule has 1 N–H and O–H groups in total. The Kier molecular flexibility index (Phi) is 8.43. The minimum atomic E-state index is -0.739. The van der Waals surface area contributed by atoms with E-state index in [-0.39, 0.29) is 5.25 Å². The third-order valence-corrected chi connectivity index (χ3v) is 4.33. The van der Waals surface area contributed by atoms with E-state index in [0.29, 0.717) is 12.6 Å². The van der Waals surface area contributed by atoms with E-state index < -0.39 is 10.8 Å². The SMILES string of the molecule is CCC(NC)C(C)S(=O)CCCOC. The smallest absolute Gasteiger partial charge is 0.0472 e. The summed E-state index contributed by atoms with van der Waals surface area (Å²) in [6, 6.07) is 0.360. The molecule has 3 unspecified atom stereocenters. The van der Waals surface area contributed by atoms with E-state index in [1.807, 2.05) is 14.0 Å². The van der Waals surface area contributed by atoms with Crippen LogP contribution in [0.4, 0.5) is 0 Å². The molecule has 0 saturated heterocycles. The van der Waals surface area contributed by atoms with Gasteiger partial charge < -0.3 is 10.1 Å². The first-order valence-corrected chi connectivity index (χ1v) is 6.58. The molecule has 0 aliphatic heterocycles. The Balaban J connectivity index is 3.84. The van der Waals surface area contributed by atoms with Crippen LogP contribution in [0.2, 0.25) is 0 Å². The lowest BCUT2D eigenvalue weighted by atomic mass is 10.2. The predicted molar refractivity (Wildman–Crippen MR) is 62.1 cm³/mol. The highest BCUT2D eigenvalue weighted by Crippen LogP contribution is 2.07. The van der Waals surface area contributed by atoms with E-state index in [1.54, 1.807) is 7.11 Å². The van der Waals surface area contributed by atoms with E-state index in [1.165, 1.54) is 0 Å². The van der Waals surface area contributed by atoms with Crippen LogP contribution in [-0.2, 0) is 15.5 Å². The highest BCUT2D eigenvalue weighted by atomic mass is 32.2. The number of rotatable bonds is 8. The normalized spacial score (nSPS) is 17.7. The fourth-order valence-corrected chi connectivity index (χ4v) is 2.95. The van der Waals surface area contributed by atoms with Gasteiger partial charge in [-0.25, -0.2) is 0 Å². The Morgan fingerprint density at radius 2 is 2.14 bits per heavy atom. The monoisotopic (exact) mass is 221 g/mol. The molecule has 0 rings (SSSR count). The molecule has 3 atom stereocenters. The molecule has 0 bridgehead atoms. The zero-order valence-electron chi connectivity index (χ0n) is 9.71. The summed E-state index contributed by atoms with van der Waals surface area (Å²) in [4.78, 5) is 0. The molecule has 0 fully saturated rings. The zero-order chi connectivity index (χ0) is 11.0. The largest absolute Gasteiger partial charge is 0.385 e. The van der Waals surface area contributed by atoms with Crippen molar-refractivity contribution in [1.29, 1.82) is 0 Å². The molecule has 0 aromatic carbocycles. The van der Waals surface area contributed by atoms with Gasteiger partial charge >= 0.3 is 0 Å². The van der Waals surface area contributed by atoms with E-state index in [9.17, 15) is 4.21 Å². The van der Waals surface area contributed by atoms with Gasteiger partial charge in [-0.05, 0) is 26.8 Å². The van der Waals surface area contributed by atoms with Gasteiger partial charge in [0.25, 0.3) is 0 Å². The van der Waals surface area contributed by atoms with Gasteiger partial charge in [-0.15, -0.1) is 0 Å². The second-order valence-electron chi connectivity index (χ2n) is 3.44. The maximum Gasteiger partial charge on any atom is 0.0472 e. The van der Waals surface area contributed by atoms with Crippen LogP contribution in [0.3, 0.4) is 0 Å². The lowest BCUT2D eigenvalue weighted by molar-refractivity contribution is 0.200. The second kappa shape index (κ2) is 8.38. The average Bonchev–Trinajstić information content (AvgIpc) is 2.19. The molecule has 0 aromatic rings. The molecule has 0 aromatic heterocycles. The van der Waals surface area contributed by atoms with Gasteiger partial charge in [0.15, 0.2) is 0 Å². The van der Waals surface area contributed by atoms with Crippen molar-refractivity contribution in [3.8, 4) is 0 Å². The molecule has 4 heteroatoms. The highest BCUT2D eigenvalue weighted by Gasteiger charge is 2.18. The Bertz CT molecular complexity index is 160. The van der Waals surface area contributed by atoms with E-state index in [4.69, 9.17) is 4.74 Å². The Morgan fingerprint density at radius 1 is 1.50 bits per heavy atom. The van der Waals surface area contributed by atoms with Crippen molar-refractivity contribution >= 4 is 10.8 Å². The van der Waals surface area contributed by atoms with Crippen LogP contribution in [-0.4, -0.2) is 42.0 Å². The number of hydrogen-bond donors (Lipinski definition) is 1. The minimum absolute atomic E-state index is 0.224. The van der Waals surface area contributed by atoms with Gasteiger partial charge in [-0.3, -0.25) is 4.21 Å². The first kappa shape index (κ1) is 14.1. The van der Waals surface area contributed by atoms with Crippen LogP contribution in [0.25, 0.3) is 0 Å². The second-order valence-corrected chi connectivity index (χ2v) is 5.35. The summed E-state index contributed by atoms with van der Waals surface area (Å²) in [6.07, 6.45) is 1.90. The Labute approximate surface area is 90.1 Å². The van der Waals surface area contributed by atoms with Gasteiger partial charge in [-0.2, -0.15) is 0 Å². The van der Waals surface area contributed by atoms with Gasteiger partial charge in [0.05, 0.1) is 0 Å². The molecule has 0 amide bonds. The van der Waals surface area contributed by atoms with E-state index >= 15 is 0 Å². The summed E-state index contributed by atoms with van der Waals surface area (Å²) in [7, 11) is 2.86. The van der Waals surface area contributed by atoms with Gasteiger partial charge in [0, 0.05) is 41.6 Å². The van der Waals surface area contributed by atoms with Crippen molar-refractivity contribution in [2.75, 3.05) is 26.5 Å². The van der Waals surface area contributed by atoms with Crippen LogP contribution in [0, 0.1) is 0 Å². The van der Waals surface area contributed by atoms with Gasteiger partial charge in [0.2, 0.25) is 0 Å². The molecule has 0 spiro atoms. The molecular formula is C10H23NO2S. The zero-order valence-corrected chi connectivity index (χ0v) is 10.5. The third-order valence-electron chi connectivity index (χ3n) is 2.49. The van der Waals surface area contributed by atoms with Crippen molar-refractivity contribution in [2.45, 2.75) is 38.0 Å². The molecule has 0 radical (unpaired) electrons. The standard InChI is InChI=1S/C10H23NO2S/c1-5-10(11-3)9(2)14(12)8-6-7-13-4/h9-11H,5-8H2,1-4H3. The maximum absolute atomic E-state index is 11.8. The van der Waals surface area contributed by atoms with Crippen molar-refractivity contribution in [3.63, 3.8) is 0 Å². The highest BCUT2D eigenvalue weighted by molar-refractivity contribution is 7.85.